The van der Waals surface area contributed by atoms with Crippen LogP contribution in [0.1, 0.15) is 25.7 Å². The van der Waals surface area contributed by atoms with Crippen molar-refractivity contribution in [3.63, 3.8) is 0 Å². The number of rotatable bonds is 7. The summed E-state index contributed by atoms with van der Waals surface area (Å²) in [4.78, 5) is 0. The second kappa shape index (κ2) is 7.07. The van der Waals surface area contributed by atoms with Gasteiger partial charge in [0.25, 0.3) is 0 Å². The maximum Gasteiger partial charge on any atom is 0.183 e. The monoisotopic (exact) mass is 298 g/mol. The topological polar surface area (TPSA) is 21.8 Å². The van der Waals surface area contributed by atoms with Gasteiger partial charge in [0.15, 0.2) is 8.32 Å². The summed E-state index contributed by atoms with van der Waals surface area (Å²) in [6.45, 7) is 14.5. The van der Waals surface area contributed by atoms with Crippen LogP contribution in [0.4, 0.5) is 0 Å². The van der Waals surface area contributed by atoms with Gasteiger partial charge in [-0.1, -0.05) is 38.4 Å². The summed E-state index contributed by atoms with van der Waals surface area (Å²) < 4.78 is 11.4. The van der Waals surface area contributed by atoms with Crippen molar-refractivity contribution < 1.29 is 9.16 Å². The highest BCUT2D eigenvalue weighted by Gasteiger charge is 2.36. The number of hydrogen-bond donors (Lipinski definition) is 0. The van der Waals surface area contributed by atoms with Crippen LogP contribution in [0.15, 0.2) is 0 Å². The molecule has 110 valence electrons. The molecule has 0 aromatic rings. The zero-order chi connectivity index (χ0) is 14.5. The Morgan fingerprint density at radius 3 is 2.26 bits per heavy atom. The molecule has 0 unspecified atom stereocenters. The third kappa shape index (κ3) is 9.45. The van der Waals surface area contributed by atoms with Crippen molar-refractivity contribution in [2.45, 2.75) is 77.2 Å². The third-order valence-electron chi connectivity index (χ3n) is 2.84. The van der Waals surface area contributed by atoms with Gasteiger partial charge >= 0.3 is 0 Å². The van der Waals surface area contributed by atoms with Crippen LogP contribution in [0.5, 0.6) is 0 Å². The van der Waals surface area contributed by atoms with E-state index < -0.39 is 16.4 Å². The molecule has 2 atom stereocenters. The van der Waals surface area contributed by atoms with Gasteiger partial charge in [0.05, 0.1) is 6.10 Å². The van der Waals surface area contributed by atoms with Gasteiger partial charge < -0.3 is 9.16 Å². The number of epoxide rings is 1. The molecular weight excluding hydrogens is 268 g/mol. The fraction of sp³-hybridized carbons (Fsp3) is 0.867. The van der Waals surface area contributed by atoms with Crippen molar-refractivity contribution in [1.82, 2.24) is 0 Å². The number of unbranched alkanes of at least 4 members (excludes halogenated alkanes) is 2. The van der Waals surface area contributed by atoms with Crippen molar-refractivity contribution in [1.29, 1.82) is 0 Å². The predicted octanol–water partition coefficient (Wildman–Crippen LogP) is 4.05. The molecule has 2 nitrogen and oxygen atoms in total. The van der Waals surface area contributed by atoms with E-state index in [1.807, 2.05) is 0 Å². The molecule has 0 aromatic heterocycles. The predicted molar refractivity (Wildman–Crippen MR) is 87.5 cm³/mol. The second-order valence-electron chi connectivity index (χ2n) is 7.42. The molecule has 4 heteroatoms. The maximum absolute atomic E-state index is 5.84. The lowest BCUT2D eigenvalue weighted by atomic mass is 10.1. The molecule has 0 bridgehead atoms. The Kier molecular flexibility index (Phi) is 6.32. The van der Waals surface area contributed by atoms with E-state index in [0.717, 1.165) is 13.0 Å². The van der Waals surface area contributed by atoms with E-state index >= 15 is 0 Å². The quantitative estimate of drug-likeness (QED) is 0.306. The lowest BCUT2D eigenvalue weighted by Crippen LogP contribution is -2.25. The molecule has 0 aromatic carbocycles. The number of hydrogen-bond acceptors (Lipinski definition) is 2. The summed E-state index contributed by atoms with van der Waals surface area (Å²) in [6, 6.07) is 0. The van der Waals surface area contributed by atoms with E-state index in [1.54, 1.807) is 0 Å². The lowest BCUT2D eigenvalue weighted by Gasteiger charge is -2.16. The zero-order valence-electron chi connectivity index (χ0n) is 13.5. The molecule has 1 saturated heterocycles. The smallest absolute Gasteiger partial charge is 0.183 e. The van der Waals surface area contributed by atoms with E-state index in [4.69, 9.17) is 9.16 Å². The Morgan fingerprint density at radius 1 is 1.00 bits per heavy atom. The Morgan fingerprint density at radius 2 is 1.68 bits per heavy atom. The molecule has 1 rings (SSSR count). The molecule has 1 fully saturated rings. The van der Waals surface area contributed by atoms with Gasteiger partial charge in [0, 0.05) is 6.61 Å². The largest absolute Gasteiger partial charge is 0.418 e. The first-order chi connectivity index (χ1) is 8.67. The fourth-order valence-corrected chi connectivity index (χ4v) is 3.11. The van der Waals surface area contributed by atoms with E-state index in [-0.39, 0.29) is 6.10 Å². The van der Waals surface area contributed by atoms with Gasteiger partial charge in [-0.25, -0.2) is 0 Å². The molecule has 0 N–H and O–H groups in total. The van der Waals surface area contributed by atoms with Crippen molar-refractivity contribution >= 4 is 16.4 Å². The minimum atomic E-state index is -1.31. The molecular formula is C15H30O2Si2. The highest BCUT2D eigenvalue weighted by molar-refractivity contribution is 6.83. The Labute approximate surface area is 121 Å². The van der Waals surface area contributed by atoms with Gasteiger partial charge in [-0.2, -0.15) is 0 Å². The molecule has 0 amide bonds. The van der Waals surface area contributed by atoms with Crippen LogP contribution in [0.3, 0.4) is 0 Å². The molecule has 1 aliphatic heterocycles. The van der Waals surface area contributed by atoms with Crippen LogP contribution in [-0.2, 0) is 9.16 Å². The molecule has 1 aliphatic rings. The molecule has 1 heterocycles. The van der Waals surface area contributed by atoms with Crippen molar-refractivity contribution in [3.05, 3.63) is 0 Å². The SMILES string of the molecule is C[Si](C)(C)C#C[C@H]1O[C@@H]1CCCCCO[Si](C)(C)C. The Bertz CT molecular complexity index is 331. The maximum atomic E-state index is 5.84. The van der Waals surface area contributed by atoms with Gasteiger partial charge in [0.2, 0.25) is 0 Å². The molecule has 0 aliphatic carbocycles. The van der Waals surface area contributed by atoms with Crippen LogP contribution in [0.25, 0.3) is 0 Å². The minimum Gasteiger partial charge on any atom is -0.418 e. The summed E-state index contributed by atoms with van der Waals surface area (Å²) in [5.41, 5.74) is 3.39. The van der Waals surface area contributed by atoms with E-state index in [0.29, 0.717) is 6.10 Å². The van der Waals surface area contributed by atoms with Crippen LogP contribution in [-0.4, -0.2) is 35.2 Å². The Hall–Kier alpha value is -0.0862. The van der Waals surface area contributed by atoms with Crippen molar-refractivity contribution in [3.8, 4) is 11.5 Å². The summed E-state index contributed by atoms with van der Waals surface area (Å²) in [6.07, 6.45) is 5.50. The normalized spacial score (nSPS) is 22.8. The van der Waals surface area contributed by atoms with Crippen LogP contribution in [0, 0.1) is 11.5 Å². The lowest BCUT2D eigenvalue weighted by molar-refractivity contribution is 0.296. The van der Waals surface area contributed by atoms with Gasteiger partial charge in [-0.15, -0.1) is 5.54 Å². The fourth-order valence-electron chi connectivity index (χ4n) is 1.78. The van der Waals surface area contributed by atoms with Gasteiger partial charge in [-0.3, -0.25) is 0 Å². The molecule has 0 saturated carbocycles. The molecule has 0 radical (unpaired) electrons. The second-order valence-corrected chi connectivity index (χ2v) is 16.7. The summed E-state index contributed by atoms with van der Waals surface area (Å²) >= 11 is 0. The summed E-state index contributed by atoms with van der Waals surface area (Å²) in [5.74, 6) is 3.29. The van der Waals surface area contributed by atoms with Crippen molar-refractivity contribution in [2.75, 3.05) is 6.61 Å². The first kappa shape index (κ1) is 17.0. The summed E-state index contributed by atoms with van der Waals surface area (Å²) in [5, 5.41) is 0. The van der Waals surface area contributed by atoms with E-state index in [1.165, 1.54) is 19.3 Å². The first-order valence-electron chi connectivity index (χ1n) is 7.49. The van der Waals surface area contributed by atoms with Crippen LogP contribution in [0.2, 0.25) is 39.3 Å². The average molecular weight is 299 g/mol. The van der Waals surface area contributed by atoms with Gasteiger partial charge in [0.1, 0.15) is 14.2 Å². The third-order valence-corrected chi connectivity index (χ3v) is 4.80. The highest BCUT2D eigenvalue weighted by Crippen LogP contribution is 2.26. The Balaban J connectivity index is 1.99. The van der Waals surface area contributed by atoms with Gasteiger partial charge in [-0.05, 0) is 32.5 Å². The first-order valence-corrected chi connectivity index (χ1v) is 14.4. The average Bonchev–Trinajstić information content (AvgIpc) is 2.96. The highest BCUT2D eigenvalue weighted by atomic mass is 28.4. The van der Waals surface area contributed by atoms with E-state index in [2.05, 4.69) is 50.7 Å². The molecule has 19 heavy (non-hydrogen) atoms. The zero-order valence-corrected chi connectivity index (χ0v) is 15.5. The van der Waals surface area contributed by atoms with Crippen LogP contribution >= 0.6 is 0 Å². The number of ether oxygens (including phenoxy) is 1. The molecule has 0 spiro atoms. The van der Waals surface area contributed by atoms with Crippen molar-refractivity contribution in [2.24, 2.45) is 0 Å². The minimum absolute atomic E-state index is 0.241. The van der Waals surface area contributed by atoms with Crippen LogP contribution < -0.4 is 0 Å². The summed E-state index contributed by atoms with van der Waals surface area (Å²) in [7, 11) is -2.54. The van der Waals surface area contributed by atoms with E-state index in [9.17, 15) is 0 Å². The standard InChI is InChI=1S/C15H30O2Si2/c1-18(2,3)13-11-15-14(17-15)10-8-7-9-12-16-19(4,5)6/h14-15H,7-10,12H2,1-6H3/t14-,15-/m1/s1.